The van der Waals surface area contributed by atoms with Crippen LogP contribution in [-0.2, 0) is 18.6 Å². The maximum Gasteiger partial charge on any atom is 0.470 e. The first-order valence-corrected chi connectivity index (χ1v) is 13.8. The molecule has 0 radical (unpaired) electrons. The van der Waals surface area contributed by atoms with E-state index in [2.05, 4.69) is 11.4 Å². The van der Waals surface area contributed by atoms with Crippen LogP contribution in [0.5, 0.6) is 0 Å². The van der Waals surface area contributed by atoms with Gasteiger partial charge >= 0.3 is 7.82 Å². The zero-order valence-corrected chi connectivity index (χ0v) is 20.2. The highest BCUT2D eigenvalue weighted by Crippen LogP contribution is 2.35. The molecule has 7 heteroatoms. The van der Waals surface area contributed by atoms with Gasteiger partial charge in [-0.15, -0.1) is 0 Å². The second-order valence-corrected chi connectivity index (χ2v) is 9.61. The average Bonchev–Trinajstić information content (AvgIpc) is 2.70. The normalized spacial score (nSPS) is 11.8. The molecule has 0 saturated carbocycles. The van der Waals surface area contributed by atoms with Gasteiger partial charge in [-0.2, -0.15) is 0 Å². The number of Topliss-reactive ketones (excluding diaryl/α,β-unsaturated/α-hetero) is 1. The fourth-order valence-electron chi connectivity index (χ4n) is 3.49. The van der Waals surface area contributed by atoms with Crippen LogP contribution in [0.1, 0.15) is 122 Å². The number of carbonyl (C=O) groups excluding carboxylic acids is 1. The van der Waals surface area contributed by atoms with E-state index in [1.165, 1.54) is 103 Å². The van der Waals surface area contributed by atoms with Gasteiger partial charge in [-0.05, 0) is 6.42 Å². The molecule has 6 nitrogen and oxygen atoms in total. The summed E-state index contributed by atoms with van der Waals surface area (Å²) in [5.74, 6) is -0.458. The van der Waals surface area contributed by atoms with Gasteiger partial charge in [0.2, 0.25) is 0 Å². The van der Waals surface area contributed by atoms with Crippen LogP contribution in [0.3, 0.4) is 0 Å². The molecule has 180 valence electrons. The number of carbonyl (C=O) groups is 1. The first kappa shape index (κ1) is 29.7. The van der Waals surface area contributed by atoms with E-state index in [1.807, 2.05) is 0 Å². The Morgan fingerprint density at radius 3 is 1.37 bits per heavy atom. The summed E-state index contributed by atoms with van der Waals surface area (Å²) < 4.78 is 19.8. The fourth-order valence-corrected chi connectivity index (χ4v) is 3.80. The minimum Gasteiger partial charge on any atom is -0.374 e. The minimum atomic E-state index is -4.58. The van der Waals surface area contributed by atoms with Gasteiger partial charge in [0.25, 0.3) is 0 Å². The lowest BCUT2D eigenvalue weighted by atomic mass is 10.0. The number of ether oxygens (including phenoxy) is 1. The van der Waals surface area contributed by atoms with Crippen LogP contribution < -0.4 is 0 Å². The first-order chi connectivity index (χ1) is 14.5. The van der Waals surface area contributed by atoms with Crippen molar-refractivity contribution in [3.63, 3.8) is 0 Å². The van der Waals surface area contributed by atoms with Crippen molar-refractivity contribution in [2.45, 2.75) is 122 Å². The highest BCUT2D eigenvalue weighted by molar-refractivity contribution is 7.46. The number of ketones is 1. The molecule has 0 spiro atoms. The van der Waals surface area contributed by atoms with Crippen molar-refractivity contribution >= 4 is 13.6 Å². The van der Waals surface area contributed by atoms with Gasteiger partial charge < -0.3 is 14.5 Å². The number of phosphoric acid groups is 1. The second kappa shape index (κ2) is 22.0. The summed E-state index contributed by atoms with van der Waals surface area (Å²) in [6.45, 7) is 2.01. The molecule has 0 atom stereocenters. The molecule has 0 heterocycles. The van der Waals surface area contributed by atoms with E-state index in [-0.39, 0.29) is 6.61 Å². The predicted octanol–water partition coefficient (Wildman–Crippen LogP) is 6.72. The Hall–Kier alpha value is -0.260. The quantitative estimate of drug-likeness (QED) is 0.125. The van der Waals surface area contributed by atoms with E-state index >= 15 is 0 Å². The van der Waals surface area contributed by atoms with Crippen molar-refractivity contribution in [1.82, 2.24) is 0 Å². The largest absolute Gasteiger partial charge is 0.470 e. The lowest BCUT2D eigenvalue weighted by Crippen LogP contribution is -2.15. The van der Waals surface area contributed by atoms with Gasteiger partial charge in [-0.1, -0.05) is 116 Å². The molecular formula is C23H47O6P. The Morgan fingerprint density at radius 1 is 0.633 bits per heavy atom. The Bertz CT molecular complexity index is 424. The van der Waals surface area contributed by atoms with Crippen LogP contribution in [0, 0.1) is 0 Å². The van der Waals surface area contributed by atoms with Crippen molar-refractivity contribution < 1.29 is 28.4 Å². The molecule has 0 bridgehead atoms. The molecule has 0 saturated heterocycles. The van der Waals surface area contributed by atoms with Crippen LogP contribution in [0.25, 0.3) is 0 Å². The van der Waals surface area contributed by atoms with Crippen LogP contribution in [-0.4, -0.2) is 35.4 Å². The van der Waals surface area contributed by atoms with Crippen molar-refractivity contribution in [2.24, 2.45) is 0 Å². The maximum absolute atomic E-state index is 11.3. The standard InChI is InChI=1S/C23H47O6P/c1-2-3-4-5-6-7-8-9-10-11-12-13-14-15-16-17-18-19-20-28-21-23(24)22-29-30(25,26)27/h2-22H2,1H3,(H2,25,26,27). The molecular weight excluding hydrogens is 403 g/mol. The van der Waals surface area contributed by atoms with Gasteiger partial charge in [0, 0.05) is 6.61 Å². The Kier molecular flexibility index (Phi) is 21.8. The zero-order chi connectivity index (χ0) is 22.3. The molecule has 2 N–H and O–H groups in total. The molecule has 0 rings (SSSR count). The van der Waals surface area contributed by atoms with Crippen LogP contribution in [0.4, 0.5) is 0 Å². The van der Waals surface area contributed by atoms with Crippen molar-refractivity contribution in [1.29, 1.82) is 0 Å². The van der Waals surface area contributed by atoms with E-state index in [4.69, 9.17) is 14.5 Å². The van der Waals surface area contributed by atoms with E-state index in [0.29, 0.717) is 6.61 Å². The van der Waals surface area contributed by atoms with Crippen molar-refractivity contribution in [2.75, 3.05) is 19.8 Å². The monoisotopic (exact) mass is 450 g/mol. The molecule has 0 unspecified atom stereocenters. The molecule has 0 amide bonds. The first-order valence-electron chi connectivity index (χ1n) is 12.2. The number of rotatable bonds is 24. The molecule has 0 aromatic rings. The van der Waals surface area contributed by atoms with E-state index in [1.54, 1.807) is 0 Å². The minimum absolute atomic E-state index is 0.154. The third-order valence-electron chi connectivity index (χ3n) is 5.30. The summed E-state index contributed by atoms with van der Waals surface area (Å²) in [5, 5.41) is 0. The van der Waals surface area contributed by atoms with E-state index < -0.39 is 20.2 Å². The molecule has 0 aromatic carbocycles. The van der Waals surface area contributed by atoms with E-state index in [0.717, 1.165) is 12.8 Å². The predicted molar refractivity (Wildman–Crippen MR) is 123 cm³/mol. The lowest BCUT2D eigenvalue weighted by molar-refractivity contribution is -0.126. The van der Waals surface area contributed by atoms with Gasteiger partial charge in [0.1, 0.15) is 13.2 Å². The number of hydrogen-bond donors (Lipinski definition) is 2. The molecule has 0 aliphatic rings. The summed E-state index contributed by atoms with van der Waals surface area (Å²) in [7, 11) is -4.58. The van der Waals surface area contributed by atoms with Gasteiger partial charge in [-0.3, -0.25) is 9.32 Å². The smallest absolute Gasteiger partial charge is 0.374 e. The fraction of sp³-hybridized carbons (Fsp3) is 0.957. The Balaban J connectivity index is 3.13. The van der Waals surface area contributed by atoms with Gasteiger partial charge in [0.05, 0.1) is 0 Å². The number of phosphoric ester groups is 1. The summed E-state index contributed by atoms with van der Waals surface area (Å²) in [5.41, 5.74) is 0. The number of hydrogen-bond acceptors (Lipinski definition) is 4. The summed E-state index contributed by atoms with van der Waals surface area (Å²) in [4.78, 5) is 28.3. The topological polar surface area (TPSA) is 93.1 Å². The summed E-state index contributed by atoms with van der Waals surface area (Å²) in [6, 6.07) is 0. The second-order valence-electron chi connectivity index (χ2n) is 8.37. The third-order valence-corrected chi connectivity index (χ3v) is 5.76. The Labute approximate surface area is 184 Å². The van der Waals surface area contributed by atoms with Crippen LogP contribution in [0.15, 0.2) is 0 Å². The molecule has 0 fully saturated rings. The Morgan fingerprint density at radius 2 is 1.00 bits per heavy atom. The zero-order valence-electron chi connectivity index (χ0n) is 19.3. The van der Waals surface area contributed by atoms with E-state index in [9.17, 15) is 9.36 Å². The van der Waals surface area contributed by atoms with Crippen molar-refractivity contribution in [3.05, 3.63) is 0 Å². The van der Waals surface area contributed by atoms with Gasteiger partial charge in [0.15, 0.2) is 5.78 Å². The average molecular weight is 451 g/mol. The van der Waals surface area contributed by atoms with Crippen LogP contribution in [0.2, 0.25) is 0 Å². The number of unbranched alkanes of at least 4 members (excludes halogenated alkanes) is 17. The maximum atomic E-state index is 11.3. The third kappa shape index (κ3) is 25.8. The lowest BCUT2D eigenvalue weighted by Gasteiger charge is -2.06. The molecule has 30 heavy (non-hydrogen) atoms. The molecule has 0 aromatic heterocycles. The van der Waals surface area contributed by atoms with Crippen molar-refractivity contribution in [3.8, 4) is 0 Å². The summed E-state index contributed by atoms with van der Waals surface area (Å²) in [6.07, 6.45) is 23.9. The van der Waals surface area contributed by atoms with Gasteiger partial charge in [-0.25, -0.2) is 4.57 Å². The SMILES string of the molecule is CCCCCCCCCCCCCCCCCCCCOCC(=O)COP(=O)(O)O. The highest BCUT2D eigenvalue weighted by atomic mass is 31.2. The molecule has 0 aliphatic carbocycles. The highest BCUT2D eigenvalue weighted by Gasteiger charge is 2.16. The van der Waals surface area contributed by atoms with Crippen LogP contribution >= 0.6 is 7.82 Å². The summed E-state index contributed by atoms with van der Waals surface area (Å²) >= 11 is 0. The molecule has 0 aliphatic heterocycles.